The monoisotopic (exact) mass is 299 g/mol. The van der Waals surface area contributed by atoms with Crippen molar-refractivity contribution in [2.24, 2.45) is 0 Å². The van der Waals surface area contributed by atoms with Crippen LogP contribution in [0.3, 0.4) is 0 Å². The Balaban J connectivity index is 2.60. The van der Waals surface area contributed by atoms with Crippen molar-refractivity contribution in [1.82, 2.24) is 15.1 Å². The molecule has 0 bridgehead atoms. The van der Waals surface area contributed by atoms with E-state index < -0.39 is 5.97 Å². The van der Waals surface area contributed by atoms with Crippen LogP contribution < -0.4 is 5.32 Å². The van der Waals surface area contributed by atoms with Crippen molar-refractivity contribution in [2.45, 2.75) is 52.1 Å². The second-order valence-corrected chi connectivity index (χ2v) is 5.52. The molecule has 7 heteroatoms. The Morgan fingerprint density at radius 2 is 1.90 bits per heavy atom. The van der Waals surface area contributed by atoms with Crippen molar-refractivity contribution >= 4 is 17.9 Å². The van der Waals surface area contributed by atoms with Gasteiger partial charge in [-0.15, -0.1) is 0 Å². The second kappa shape index (κ2) is 7.85. The van der Waals surface area contributed by atoms with E-state index in [1.165, 1.54) is 11.8 Å². The lowest BCUT2D eigenvalue weighted by atomic mass is 10.1. The summed E-state index contributed by atoms with van der Waals surface area (Å²) in [6.45, 7) is 6.06. The molecule has 0 aliphatic carbocycles. The molecule has 2 N–H and O–H groups in total. The van der Waals surface area contributed by atoms with Crippen LogP contribution in [0.4, 0.5) is 4.79 Å². The Morgan fingerprint density at radius 3 is 2.33 bits per heavy atom. The molecule has 1 rings (SSSR count). The summed E-state index contributed by atoms with van der Waals surface area (Å²) < 4.78 is 0. The fourth-order valence-corrected chi connectivity index (χ4v) is 2.46. The zero-order valence-electron chi connectivity index (χ0n) is 13.0. The van der Waals surface area contributed by atoms with Crippen LogP contribution in [0.2, 0.25) is 0 Å². The maximum Gasteiger partial charge on any atom is 0.323 e. The van der Waals surface area contributed by atoms with Crippen molar-refractivity contribution in [3.8, 4) is 0 Å². The lowest BCUT2D eigenvalue weighted by Gasteiger charge is -2.37. The zero-order valence-corrected chi connectivity index (χ0v) is 13.0. The molecule has 120 valence electrons. The highest BCUT2D eigenvalue weighted by Gasteiger charge is 2.29. The maximum absolute atomic E-state index is 12.5. The third kappa shape index (κ3) is 5.24. The summed E-state index contributed by atoms with van der Waals surface area (Å²) in [6.07, 6.45) is 2.11. The number of likely N-dealkylation sites (tertiary alicyclic amines) is 1. The van der Waals surface area contributed by atoms with E-state index in [2.05, 4.69) is 5.32 Å². The lowest BCUT2D eigenvalue weighted by Crippen LogP contribution is -2.53. The lowest BCUT2D eigenvalue weighted by molar-refractivity contribution is -0.138. The molecule has 0 aromatic carbocycles. The number of piperidine rings is 1. The van der Waals surface area contributed by atoms with Gasteiger partial charge in [0, 0.05) is 32.1 Å². The predicted octanol–water partition coefficient (Wildman–Crippen LogP) is 0.892. The molecule has 1 aliphatic rings. The van der Waals surface area contributed by atoms with E-state index in [4.69, 9.17) is 5.11 Å². The van der Waals surface area contributed by atoms with Gasteiger partial charge in [-0.25, -0.2) is 4.79 Å². The molecular formula is C14H25N3O4. The third-order valence-corrected chi connectivity index (χ3v) is 3.85. The number of carboxylic acid groups (broad SMARTS) is 1. The molecule has 0 saturated carbocycles. The molecule has 7 nitrogen and oxygen atoms in total. The smallest absolute Gasteiger partial charge is 0.323 e. The first-order valence-electron chi connectivity index (χ1n) is 7.39. The molecule has 0 aromatic rings. The minimum absolute atomic E-state index is 0.0631. The largest absolute Gasteiger partial charge is 0.480 e. The summed E-state index contributed by atoms with van der Waals surface area (Å²) >= 11 is 0. The summed E-state index contributed by atoms with van der Waals surface area (Å²) in [4.78, 5) is 37.5. The van der Waals surface area contributed by atoms with Gasteiger partial charge in [-0.2, -0.15) is 0 Å². The summed E-state index contributed by atoms with van der Waals surface area (Å²) in [5.41, 5.74) is 0. The van der Waals surface area contributed by atoms with Crippen LogP contribution in [0, 0.1) is 0 Å². The SMILES string of the molecule is CCC(C)N(CC(=O)O)C(=O)N1CCC(NC(C)=O)CC1. The Bertz CT molecular complexity index is 392. The molecule has 1 fully saturated rings. The highest BCUT2D eigenvalue weighted by molar-refractivity contribution is 5.80. The van der Waals surface area contributed by atoms with Crippen molar-refractivity contribution in [3.05, 3.63) is 0 Å². The van der Waals surface area contributed by atoms with Gasteiger partial charge < -0.3 is 20.2 Å². The van der Waals surface area contributed by atoms with Crippen LogP contribution in [0.25, 0.3) is 0 Å². The molecule has 0 spiro atoms. The molecular weight excluding hydrogens is 274 g/mol. The standard InChI is InChI=1S/C14H25N3O4/c1-4-10(2)17(9-13(19)20)14(21)16-7-5-12(6-8-16)15-11(3)18/h10,12H,4-9H2,1-3H3,(H,15,18)(H,19,20). The molecule has 21 heavy (non-hydrogen) atoms. The molecule has 1 aliphatic heterocycles. The van der Waals surface area contributed by atoms with Gasteiger partial charge in [0.15, 0.2) is 0 Å². The minimum Gasteiger partial charge on any atom is -0.480 e. The van der Waals surface area contributed by atoms with Crippen LogP contribution in [-0.4, -0.2) is 64.5 Å². The fraction of sp³-hybridized carbons (Fsp3) is 0.786. The number of aliphatic carboxylic acids is 1. The molecule has 1 atom stereocenters. The average molecular weight is 299 g/mol. The molecule has 1 saturated heterocycles. The summed E-state index contributed by atoms with van der Waals surface area (Å²) in [5, 5.41) is 11.8. The number of urea groups is 1. The number of rotatable bonds is 5. The van der Waals surface area contributed by atoms with Crippen LogP contribution in [0.15, 0.2) is 0 Å². The number of nitrogens with one attached hydrogen (secondary N) is 1. The molecule has 1 unspecified atom stereocenters. The van der Waals surface area contributed by atoms with Crippen molar-refractivity contribution in [3.63, 3.8) is 0 Å². The van der Waals surface area contributed by atoms with Gasteiger partial charge >= 0.3 is 12.0 Å². The van der Waals surface area contributed by atoms with Gasteiger partial charge in [0.2, 0.25) is 5.91 Å². The van der Waals surface area contributed by atoms with E-state index in [1.54, 1.807) is 4.90 Å². The Morgan fingerprint density at radius 1 is 1.33 bits per heavy atom. The number of hydrogen-bond donors (Lipinski definition) is 2. The summed E-state index contributed by atoms with van der Waals surface area (Å²) in [6, 6.07) is -0.238. The molecule has 0 radical (unpaired) electrons. The van der Waals surface area contributed by atoms with Gasteiger partial charge in [0.05, 0.1) is 0 Å². The van der Waals surface area contributed by atoms with Crippen LogP contribution in [0.1, 0.15) is 40.0 Å². The Kier molecular flexibility index (Phi) is 6.45. The third-order valence-electron chi connectivity index (χ3n) is 3.85. The Hall–Kier alpha value is -1.79. The van der Waals surface area contributed by atoms with Gasteiger partial charge in [-0.05, 0) is 26.2 Å². The zero-order chi connectivity index (χ0) is 16.0. The van der Waals surface area contributed by atoms with Gasteiger partial charge in [0.1, 0.15) is 6.54 Å². The molecule has 1 heterocycles. The number of nitrogens with zero attached hydrogens (tertiary/aromatic N) is 2. The van der Waals surface area contributed by atoms with E-state index in [1.807, 2.05) is 13.8 Å². The van der Waals surface area contributed by atoms with Gasteiger partial charge in [-0.3, -0.25) is 9.59 Å². The highest BCUT2D eigenvalue weighted by Crippen LogP contribution is 2.15. The van der Waals surface area contributed by atoms with Crippen LogP contribution >= 0.6 is 0 Å². The van der Waals surface area contributed by atoms with E-state index in [9.17, 15) is 14.4 Å². The average Bonchev–Trinajstić information content (AvgIpc) is 2.43. The quantitative estimate of drug-likeness (QED) is 0.789. The van der Waals surface area contributed by atoms with Crippen LogP contribution in [0.5, 0.6) is 0 Å². The first-order chi connectivity index (χ1) is 9.85. The molecule has 0 aromatic heterocycles. The fourth-order valence-electron chi connectivity index (χ4n) is 2.46. The van der Waals surface area contributed by atoms with Crippen LogP contribution in [-0.2, 0) is 9.59 Å². The normalized spacial score (nSPS) is 17.2. The van der Waals surface area contributed by atoms with Crippen molar-refractivity contribution < 1.29 is 19.5 Å². The maximum atomic E-state index is 12.5. The second-order valence-electron chi connectivity index (χ2n) is 5.52. The summed E-state index contributed by atoms with van der Waals surface area (Å²) in [5.74, 6) is -1.07. The van der Waals surface area contributed by atoms with E-state index in [0.717, 1.165) is 0 Å². The number of amides is 3. The number of carboxylic acids is 1. The van der Waals surface area contributed by atoms with Gasteiger partial charge in [-0.1, -0.05) is 6.92 Å². The number of carbonyl (C=O) groups is 3. The minimum atomic E-state index is -1.00. The Labute approximate surface area is 125 Å². The van der Waals surface area contributed by atoms with Gasteiger partial charge in [0.25, 0.3) is 0 Å². The number of hydrogen-bond acceptors (Lipinski definition) is 3. The predicted molar refractivity (Wildman–Crippen MR) is 77.9 cm³/mol. The first-order valence-corrected chi connectivity index (χ1v) is 7.39. The highest BCUT2D eigenvalue weighted by atomic mass is 16.4. The van der Waals surface area contributed by atoms with E-state index in [0.29, 0.717) is 32.4 Å². The van der Waals surface area contributed by atoms with E-state index >= 15 is 0 Å². The summed E-state index contributed by atoms with van der Waals surface area (Å²) in [7, 11) is 0. The molecule has 3 amide bonds. The van der Waals surface area contributed by atoms with Crippen molar-refractivity contribution in [2.75, 3.05) is 19.6 Å². The number of carbonyl (C=O) groups excluding carboxylic acids is 2. The first kappa shape index (κ1) is 17.3. The van der Waals surface area contributed by atoms with E-state index in [-0.39, 0.29) is 30.6 Å². The topological polar surface area (TPSA) is 90.0 Å². The van der Waals surface area contributed by atoms with Crippen molar-refractivity contribution in [1.29, 1.82) is 0 Å².